The molecule has 3 aromatic rings. The second-order valence-electron chi connectivity index (χ2n) is 8.30. The van der Waals surface area contributed by atoms with Gasteiger partial charge in [0.1, 0.15) is 11.0 Å². The van der Waals surface area contributed by atoms with Crippen LogP contribution in [-0.4, -0.2) is 50.6 Å². The molecular formula is C24H27N5O2S. The van der Waals surface area contributed by atoms with Gasteiger partial charge in [-0.1, -0.05) is 54.2 Å². The Morgan fingerprint density at radius 1 is 1.09 bits per heavy atom. The van der Waals surface area contributed by atoms with E-state index in [4.69, 9.17) is 4.74 Å². The molecule has 1 fully saturated rings. The highest BCUT2D eigenvalue weighted by Crippen LogP contribution is 2.40. The number of thioether (sulfide) groups is 1. The predicted molar refractivity (Wildman–Crippen MR) is 125 cm³/mol. The lowest BCUT2D eigenvalue weighted by Crippen LogP contribution is -2.50. The molecular weight excluding hydrogens is 422 g/mol. The number of ether oxygens (including phenoxy) is 1. The number of piperidine rings is 1. The molecule has 2 aliphatic heterocycles. The maximum atomic E-state index is 13.7. The Morgan fingerprint density at radius 2 is 1.88 bits per heavy atom. The molecule has 2 aromatic carbocycles. The van der Waals surface area contributed by atoms with Gasteiger partial charge in [0.25, 0.3) is 0 Å². The largest absolute Gasteiger partial charge is 0.497 e. The fraction of sp³-hybridized carbons (Fsp3) is 0.375. The fourth-order valence-corrected chi connectivity index (χ4v) is 5.62. The molecule has 1 N–H and O–H groups in total. The lowest BCUT2D eigenvalue weighted by molar-refractivity contribution is -0.134. The van der Waals surface area contributed by atoms with Crippen molar-refractivity contribution in [1.82, 2.24) is 19.8 Å². The van der Waals surface area contributed by atoms with Gasteiger partial charge in [-0.15, -0.1) is 10.2 Å². The minimum atomic E-state index is -0.329. The van der Waals surface area contributed by atoms with Gasteiger partial charge in [-0.2, -0.15) is 0 Å². The minimum Gasteiger partial charge on any atom is -0.497 e. The monoisotopic (exact) mass is 449 g/mol. The van der Waals surface area contributed by atoms with E-state index in [1.165, 1.54) is 18.2 Å². The molecule has 3 heterocycles. The normalized spacial score (nSPS) is 22.7. The van der Waals surface area contributed by atoms with Crippen LogP contribution in [-0.2, 0) is 4.79 Å². The highest BCUT2D eigenvalue weighted by molar-refractivity contribution is 8.00. The number of nitrogens with zero attached hydrogens (tertiary/aromatic N) is 4. The standard InChI is InChI=1S/C24H27N5O2S/c1-16-8-6-7-15-28(16)23(30)21-20(17-11-13-19(31-2)14-12-17)27-29-22(25-26-24(29)32-21)18-9-4-3-5-10-18/h3-5,9-14,16,20-21,27H,6-8,15H2,1-2H3. The number of aromatic nitrogens is 3. The summed E-state index contributed by atoms with van der Waals surface area (Å²) in [7, 11) is 1.66. The number of rotatable bonds is 4. The van der Waals surface area contributed by atoms with E-state index in [1.807, 2.05) is 64.2 Å². The molecule has 0 radical (unpaired) electrons. The summed E-state index contributed by atoms with van der Waals surface area (Å²) in [6.45, 7) is 2.96. The number of benzene rings is 2. The van der Waals surface area contributed by atoms with Gasteiger partial charge >= 0.3 is 0 Å². The van der Waals surface area contributed by atoms with E-state index >= 15 is 0 Å². The van der Waals surface area contributed by atoms with Gasteiger partial charge in [-0.05, 0) is 43.9 Å². The van der Waals surface area contributed by atoms with Crippen molar-refractivity contribution in [2.24, 2.45) is 0 Å². The first-order valence-electron chi connectivity index (χ1n) is 11.0. The summed E-state index contributed by atoms with van der Waals surface area (Å²) in [5.74, 6) is 1.69. The van der Waals surface area contributed by atoms with Crippen molar-refractivity contribution in [3.63, 3.8) is 0 Å². The number of fused-ring (bicyclic) bond motifs is 1. The van der Waals surface area contributed by atoms with Crippen molar-refractivity contribution in [2.45, 2.75) is 48.7 Å². The van der Waals surface area contributed by atoms with Gasteiger partial charge in [-0.3, -0.25) is 4.79 Å². The zero-order chi connectivity index (χ0) is 22.1. The van der Waals surface area contributed by atoms with Crippen LogP contribution in [0.25, 0.3) is 11.4 Å². The SMILES string of the molecule is COc1ccc(C2Nn3c(nnc3-c3ccccc3)SC2C(=O)N2CCCCC2C)cc1. The van der Waals surface area contributed by atoms with E-state index in [-0.39, 0.29) is 23.2 Å². The quantitative estimate of drug-likeness (QED) is 0.646. The van der Waals surface area contributed by atoms with Crippen LogP contribution in [0.15, 0.2) is 59.8 Å². The smallest absolute Gasteiger partial charge is 0.238 e. The summed E-state index contributed by atoms with van der Waals surface area (Å²) < 4.78 is 7.25. The zero-order valence-corrected chi connectivity index (χ0v) is 19.1. The number of nitrogens with one attached hydrogen (secondary N) is 1. The molecule has 1 aromatic heterocycles. The molecule has 3 atom stereocenters. The zero-order valence-electron chi connectivity index (χ0n) is 18.3. The van der Waals surface area contributed by atoms with Crippen molar-refractivity contribution in [3.8, 4) is 17.1 Å². The van der Waals surface area contributed by atoms with E-state index in [1.54, 1.807) is 7.11 Å². The van der Waals surface area contributed by atoms with Crippen LogP contribution in [0.2, 0.25) is 0 Å². The van der Waals surface area contributed by atoms with Crippen LogP contribution >= 0.6 is 11.8 Å². The second-order valence-corrected chi connectivity index (χ2v) is 9.41. The van der Waals surface area contributed by atoms with E-state index in [0.29, 0.717) is 5.16 Å². The summed E-state index contributed by atoms with van der Waals surface area (Å²) in [6.07, 6.45) is 3.29. The summed E-state index contributed by atoms with van der Waals surface area (Å²) in [5.41, 5.74) is 5.57. The molecule has 1 amide bonds. The highest BCUT2D eigenvalue weighted by atomic mass is 32.2. The third-order valence-electron chi connectivity index (χ3n) is 6.27. The van der Waals surface area contributed by atoms with Crippen LogP contribution in [0.5, 0.6) is 5.75 Å². The Balaban J connectivity index is 1.53. The Bertz CT molecular complexity index is 1090. The number of carbonyl (C=O) groups excluding carboxylic acids is 1. The van der Waals surface area contributed by atoms with Crippen LogP contribution in [0.4, 0.5) is 0 Å². The van der Waals surface area contributed by atoms with Gasteiger partial charge in [-0.25, -0.2) is 4.68 Å². The van der Waals surface area contributed by atoms with E-state index < -0.39 is 0 Å². The summed E-state index contributed by atoms with van der Waals surface area (Å²) in [4.78, 5) is 15.8. The first-order valence-corrected chi connectivity index (χ1v) is 11.9. The van der Waals surface area contributed by atoms with Crippen molar-refractivity contribution < 1.29 is 9.53 Å². The fourth-order valence-electron chi connectivity index (χ4n) is 4.47. The Labute approximate surface area is 192 Å². The molecule has 2 aliphatic rings. The first kappa shape index (κ1) is 20.9. The number of likely N-dealkylation sites (tertiary alicyclic amines) is 1. The molecule has 0 bridgehead atoms. The molecule has 1 saturated heterocycles. The summed E-state index contributed by atoms with van der Waals surface area (Å²) in [5, 5.41) is 9.21. The van der Waals surface area contributed by atoms with Crippen LogP contribution in [0.3, 0.4) is 0 Å². The van der Waals surface area contributed by atoms with E-state index in [2.05, 4.69) is 22.5 Å². The van der Waals surface area contributed by atoms with Gasteiger partial charge in [0, 0.05) is 18.2 Å². The van der Waals surface area contributed by atoms with Crippen molar-refractivity contribution >= 4 is 17.7 Å². The van der Waals surface area contributed by atoms with Crippen molar-refractivity contribution in [2.75, 3.05) is 19.1 Å². The summed E-state index contributed by atoms with van der Waals surface area (Å²) in [6, 6.07) is 17.9. The Morgan fingerprint density at radius 3 is 2.59 bits per heavy atom. The maximum Gasteiger partial charge on any atom is 0.238 e. The van der Waals surface area contributed by atoms with E-state index in [0.717, 1.165) is 42.1 Å². The van der Waals surface area contributed by atoms with Crippen molar-refractivity contribution in [1.29, 1.82) is 0 Å². The van der Waals surface area contributed by atoms with Crippen molar-refractivity contribution in [3.05, 3.63) is 60.2 Å². The molecule has 0 aliphatic carbocycles. The third kappa shape index (κ3) is 3.83. The summed E-state index contributed by atoms with van der Waals surface area (Å²) >= 11 is 1.49. The van der Waals surface area contributed by atoms with Gasteiger partial charge < -0.3 is 15.1 Å². The molecule has 8 heteroatoms. The first-order chi connectivity index (χ1) is 15.7. The predicted octanol–water partition coefficient (Wildman–Crippen LogP) is 4.11. The lowest BCUT2D eigenvalue weighted by atomic mass is 9.99. The third-order valence-corrected chi connectivity index (χ3v) is 7.48. The molecule has 0 saturated carbocycles. The lowest BCUT2D eigenvalue weighted by Gasteiger charge is -2.39. The maximum absolute atomic E-state index is 13.7. The van der Waals surface area contributed by atoms with Gasteiger partial charge in [0.15, 0.2) is 5.82 Å². The Kier molecular flexibility index (Phi) is 5.78. The van der Waals surface area contributed by atoms with Gasteiger partial charge in [0.05, 0.1) is 13.2 Å². The molecule has 7 nitrogen and oxygen atoms in total. The number of amides is 1. The van der Waals surface area contributed by atoms with Crippen LogP contribution in [0, 0.1) is 0 Å². The highest BCUT2D eigenvalue weighted by Gasteiger charge is 2.41. The number of hydrogen-bond donors (Lipinski definition) is 1. The average molecular weight is 450 g/mol. The molecule has 166 valence electrons. The molecule has 3 unspecified atom stereocenters. The number of hydrogen-bond acceptors (Lipinski definition) is 6. The number of methoxy groups -OCH3 is 1. The molecule has 0 spiro atoms. The number of carbonyl (C=O) groups is 1. The second kappa shape index (κ2) is 8.86. The van der Waals surface area contributed by atoms with Crippen LogP contribution in [0.1, 0.15) is 37.8 Å². The molecule has 32 heavy (non-hydrogen) atoms. The Hall–Kier alpha value is -3.00. The average Bonchev–Trinajstić information content (AvgIpc) is 3.27. The molecule has 5 rings (SSSR count). The van der Waals surface area contributed by atoms with Crippen LogP contribution < -0.4 is 10.2 Å². The van der Waals surface area contributed by atoms with Gasteiger partial charge in [0.2, 0.25) is 11.1 Å². The van der Waals surface area contributed by atoms with E-state index in [9.17, 15) is 4.79 Å². The minimum absolute atomic E-state index is 0.158. The topological polar surface area (TPSA) is 72.3 Å².